The lowest BCUT2D eigenvalue weighted by Crippen LogP contribution is -2.28. The topological polar surface area (TPSA) is 67.2 Å². The van der Waals surface area contributed by atoms with E-state index in [1.807, 2.05) is 0 Å². The quantitative estimate of drug-likeness (QED) is 0.940. The Morgan fingerprint density at radius 2 is 2.22 bits per heavy atom. The highest BCUT2D eigenvalue weighted by atomic mass is 19.1. The Morgan fingerprint density at radius 3 is 2.87 bits per heavy atom. The van der Waals surface area contributed by atoms with E-state index in [0.29, 0.717) is 5.69 Å². The number of nitrogens with one attached hydrogen (secondary N) is 1. The van der Waals surface area contributed by atoms with Gasteiger partial charge < -0.3 is 10.2 Å². The maximum atomic E-state index is 14.0. The van der Waals surface area contributed by atoms with Crippen LogP contribution in [0.15, 0.2) is 30.6 Å². The summed E-state index contributed by atoms with van der Waals surface area (Å²) in [4.78, 5) is 25.7. The fourth-order valence-corrected chi connectivity index (χ4v) is 2.68. The maximum Gasteiger partial charge on any atom is 0.229 e. The molecule has 0 unspecified atom stereocenters. The van der Waals surface area contributed by atoms with E-state index in [9.17, 15) is 14.0 Å². The van der Waals surface area contributed by atoms with Crippen LogP contribution in [-0.2, 0) is 16.6 Å². The van der Waals surface area contributed by atoms with Crippen molar-refractivity contribution >= 4 is 23.2 Å². The summed E-state index contributed by atoms with van der Waals surface area (Å²) in [7, 11) is 1.75. The number of benzene rings is 1. The maximum absolute atomic E-state index is 14.0. The molecule has 1 N–H and O–H groups in total. The molecule has 1 aliphatic heterocycles. The van der Waals surface area contributed by atoms with E-state index in [1.54, 1.807) is 37.0 Å². The first-order chi connectivity index (χ1) is 10.9. The molecule has 1 aliphatic rings. The summed E-state index contributed by atoms with van der Waals surface area (Å²) < 4.78 is 15.6. The van der Waals surface area contributed by atoms with Gasteiger partial charge in [0.2, 0.25) is 11.8 Å². The van der Waals surface area contributed by atoms with E-state index in [1.165, 1.54) is 17.2 Å². The molecule has 2 aromatic rings. The van der Waals surface area contributed by atoms with Gasteiger partial charge in [-0.3, -0.25) is 14.3 Å². The highest BCUT2D eigenvalue weighted by Gasteiger charge is 2.36. The molecule has 0 aliphatic carbocycles. The minimum atomic E-state index is -0.511. The number of carbonyl (C=O) groups is 2. The summed E-state index contributed by atoms with van der Waals surface area (Å²) in [6.45, 7) is 1.95. The molecule has 0 saturated carbocycles. The smallest absolute Gasteiger partial charge is 0.229 e. The summed E-state index contributed by atoms with van der Waals surface area (Å²) in [6.07, 6.45) is 3.28. The third-order valence-electron chi connectivity index (χ3n) is 3.86. The lowest BCUT2D eigenvalue weighted by Gasteiger charge is -2.17. The van der Waals surface area contributed by atoms with Crippen LogP contribution in [-0.4, -0.2) is 28.1 Å². The van der Waals surface area contributed by atoms with Crippen LogP contribution in [0.1, 0.15) is 12.0 Å². The Labute approximate surface area is 132 Å². The van der Waals surface area contributed by atoms with Gasteiger partial charge in [0.15, 0.2) is 0 Å². The van der Waals surface area contributed by atoms with E-state index in [0.717, 1.165) is 5.56 Å². The van der Waals surface area contributed by atoms with E-state index in [2.05, 4.69) is 10.4 Å². The molecule has 0 bridgehead atoms. The van der Waals surface area contributed by atoms with Crippen LogP contribution < -0.4 is 10.2 Å². The Hall–Kier alpha value is -2.70. The third kappa shape index (κ3) is 3.08. The average Bonchev–Trinajstić information content (AvgIpc) is 3.05. The molecule has 1 saturated heterocycles. The zero-order valence-corrected chi connectivity index (χ0v) is 12.9. The van der Waals surface area contributed by atoms with Gasteiger partial charge in [0, 0.05) is 26.2 Å². The van der Waals surface area contributed by atoms with Crippen molar-refractivity contribution in [2.75, 3.05) is 16.8 Å². The van der Waals surface area contributed by atoms with Crippen molar-refractivity contribution in [2.24, 2.45) is 13.0 Å². The van der Waals surface area contributed by atoms with Crippen LogP contribution >= 0.6 is 0 Å². The van der Waals surface area contributed by atoms with Gasteiger partial charge in [-0.25, -0.2) is 4.39 Å². The molecule has 23 heavy (non-hydrogen) atoms. The van der Waals surface area contributed by atoms with Crippen LogP contribution in [0.3, 0.4) is 0 Å². The van der Waals surface area contributed by atoms with Crippen LogP contribution in [0.5, 0.6) is 0 Å². The number of hydrogen-bond donors (Lipinski definition) is 1. The molecule has 6 nitrogen and oxygen atoms in total. The molecule has 1 aromatic heterocycles. The highest BCUT2D eigenvalue weighted by molar-refractivity contribution is 6.03. The molecule has 1 aromatic carbocycles. The molecule has 120 valence electrons. The monoisotopic (exact) mass is 316 g/mol. The fraction of sp³-hybridized carbons (Fsp3) is 0.312. The van der Waals surface area contributed by atoms with Crippen LogP contribution in [0.2, 0.25) is 0 Å². The van der Waals surface area contributed by atoms with Crippen molar-refractivity contribution in [3.05, 3.63) is 42.0 Å². The fourth-order valence-electron chi connectivity index (χ4n) is 2.68. The summed E-state index contributed by atoms with van der Waals surface area (Å²) >= 11 is 0. The summed E-state index contributed by atoms with van der Waals surface area (Å²) in [5.41, 5.74) is 1.57. The van der Waals surface area contributed by atoms with Gasteiger partial charge in [0.25, 0.3) is 0 Å². The molecule has 3 rings (SSSR count). The van der Waals surface area contributed by atoms with Crippen molar-refractivity contribution in [3.63, 3.8) is 0 Å². The lowest BCUT2D eigenvalue weighted by molar-refractivity contribution is -0.122. The van der Waals surface area contributed by atoms with Gasteiger partial charge in [0.1, 0.15) is 5.82 Å². The van der Waals surface area contributed by atoms with Gasteiger partial charge in [-0.1, -0.05) is 6.07 Å². The Morgan fingerprint density at radius 1 is 1.43 bits per heavy atom. The van der Waals surface area contributed by atoms with Crippen molar-refractivity contribution in [1.82, 2.24) is 9.78 Å². The lowest BCUT2D eigenvalue weighted by atomic mass is 10.1. The first-order valence-electron chi connectivity index (χ1n) is 7.30. The molecule has 1 fully saturated rings. The van der Waals surface area contributed by atoms with Gasteiger partial charge in [-0.15, -0.1) is 0 Å². The number of rotatable bonds is 3. The SMILES string of the molecule is Cc1ccc(N2C[C@H](C(=O)Nc3cnn(C)c3)CC2=O)c(F)c1. The van der Waals surface area contributed by atoms with Crippen molar-refractivity contribution < 1.29 is 14.0 Å². The standard InChI is InChI=1S/C16H17FN4O2/c1-10-3-4-14(13(17)5-10)21-8-11(6-15(21)22)16(23)19-12-7-18-20(2)9-12/h3-5,7,9,11H,6,8H2,1-2H3,(H,19,23)/t11-/m1/s1. The second-order valence-corrected chi connectivity index (χ2v) is 5.75. The first kappa shape index (κ1) is 15.2. The van der Waals surface area contributed by atoms with Gasteiger partial charge >= 0.3 is 0 Å². The van der Waals surface area contributed by atoms with Crippen LogP contribution in [0.25, 0.3) is 0 Å². The summed E-state index contributed by atoms with van der Waals surface area (Å²) in [5, 5.41) is 6.69. The van der Waals surface area contributed by atoms with E-state index < -0.39 is 11.7 Å². The third-order valence-corrected chi connectivity index (χ3v) is 3.86. The molecule has 1 atom stereocenters. The number of halogens is 1. The van der Waals surface area contributed by atoms with Crippen molar-refractivity contribution in [1.29, 1.82) is 0 Å². The average molecular weight is 316 g/mol. The van der Waals surface area contributed by atoms with E-state index in [-0.39, 0.29) is 30.5 Å². The number of hydrogen-bond acceptors (Lipinski definition) is 3. The zero-order valence-electron chi connectivity index (χ0n) is 12.9. The molecular weight excluding hydrogens is 299 g/mol. The predicted octanol–water partition coefficient (Wildman–Crippen LogP) is 1.86. The zero-order chi connectivity index (χ0) is 16.6. The second-order valence-electron chi connectivity index (χ2n) is 5.75. The largest absolute Gasteiger partial charge is 0.323 e. The molecule has 0 radical (unpaired) electrons. The summed E-state index contributed by atoms with van der Waals surface area (Å²) in [6, 6.07) is 4.70. The van der Waals surface area contributed by atoms with Gasteiger partial charge in [-0.2, -0.15) is 5.10 Å². The number of amides is 2. The first-order valence-corrected chi connectivity index (χ1v) is 7.30. The Bertz CT molecular complexity index is 771. The summed E-state index contributed by atoms with van der Waals surface area (Å²) in [5.74, 6) is -1.48. The van der Waals surface area contributed by atoms with Crippen molar-refractivity contribution in [3.8, 4) is 0 Å². The number of carbonyl (C=O) groups excluding carboxylic acids is 2. The van der Waals surface area contributed by atoms with Gasteiger partial charge in [0.05, 0.1) is 23.5 Å². The van der Waals surface area contributed by atoms with E-state index in [4.69, 9.17) is 0 Å². The van der Waals surface area contributed by atoms with E-state index >= 15 is 0 Å². The minimum absolute atomic E-state index is 0.0689. The molecule has 2 amide bonds. The van der Waals surface area contributed by atoms with Crippen LogP contribution in [0, 0.1) is 18.7 Å². The molecule has 0 spiro atoms. The minimum Gasteiger partial charge on any atom is -0.323 e. The molecular formula is C16H17FN4O2. The molecule has 7 heteroatoms. The van der Waals surface area contributed by atoms with Crippen molar-refractivity contribution in [2.45, 2.75) is 13.3 Å². The molecule has 2 heterocycles. The second kappa shape index (κ2) is 5.83. The Kier molecular flexibility index (Phi) is 3.85. The Balaban J connectivity index is 1.73. The number of aromatic nitrogens is 2. The number of aryl methyl sites for hydroxylation is 2. The predicted molar refractivity (Wildman–Crippen MR) is 83.4 cm³/mol. The highest BCUT2D eigenvalue weighted by Crippen LogP contribution is 2.28. The normalized spacial score (nSPS) is 17.6. The van der Waals surface area contributed by atoms with Crippen LogP contribution in [0.4, 0.5) is 15.8 Å². The number of anilines is 2. The van der Waals surface area contributed by atoms with Gasteiger partial charge in [-0.05, 0) is 24.6 Å². The number of nitrogens with zero attached hydrogens (tertiary/aromatic N) is 3.